The summed E-state index contributed by atoms with van der Waals surface area (Å²) in [4.78, 5) is 9.28. The van der Waals surface area contributed by atoms with Crippen LogP contribution >= 0.6 is 7.60 Å². The molecule has 0 saturated carbocycles. The van der Waals surface area contributed by atoms with Crippen molar-refractivity contribution in [3.8, 4) is 0 Å². The molecule has 0 aromatic heterocycles. The Morgan fingerprint density at radius 2 is 2.00 bits per heavy atom. The molecule has 1 N–H and O–H groups in total. The molecule has 3 nitrogen and oxygen atoms in total. The van der Waals surface area contributed by atoms with Crippen LogP contribution in [0.15, 0.2) is 24.3 Å². The van der Waals surface area contributed by atoms with Crippen LogP contribution in [-0.2, 0) is 15.3 Å². The van der Waals surface area contributed by atoms with Gasteiger partial charge < -0.3 is 9.42 Å². The number of hydrogen-bond donors (Lipinski definition) is 1. The highest BCUT2D eigenvalue weighted by Crippen LogP contribution is 2.45. The van der Waals surface area contributed by atoms with Crippen molar-refractivity contribution < 1.29 is 18.4 Å². The first-order valence-electron chi connectivity index (χ1n) is 4.24. The molecule has 14 heavy (non-hydrogen) atoms. The first-order valence-corrected chi connectivity index (χ1v) is 6.00. The molecule has 0 spiro atoms. The van der Waals surface area contributed by atoms with Crippen LogP contribution in [0.1, 0.15) is 12.5 Å². The second-order valence-corrected chi connectivity index (χ2v) is 4.69. The molecule has 0 bridgehead atoms. The number of benzene rings is 1. The predicted octanol–water partition coefficient (Wildman–Crippen LogP) is 2.55. The lowest BCUT2D eigenvalue weighted by molar-refractivity contribution is 0.272. The highest BCUT2D eigenvalue weighted by atomic mass is 31.2. The van der Waals surface area contributed by atoms with Crippen molar-refractivity contribution in [3.63, 3.8) is 0 Å². The predicted molar refractivity (Wildman–Crippen MR) is 51.6 cm³/mol. The summed E-state index contributed by atoms with van der Waals surface area (Å²) in [7, 11) is -3.55. The van der Waals surface area contributed by atoms with Crippen molar-refractivity contribution in [2.24, 2.45) is 0 Å². The lowest BCUT2D eigenvalue weighted by Crippen LogP contribution is -1.93. The minimum absolute atomic E-state index is 0.0822. The van der Waals surface area contributed by atoms with E-state index in [2.05, 4.69) is 4.52 Å². The fraction of sp³-hybridized carbons (Fsp3) is 0.333. The first-order chi connectivity index (χ1) is 6.53. The maximum atomic E-state index is 12.5. The topological polar surface area (TPSA) is 46.5 Å². The van der Waals surface area contributed by atoms with Gasteiger partial charge in [-0.3, -0.25) is 4.57 Å². The lowest BCUT2D eigenvalue weighted by atomic mass is 10.2. The maximum absolute atomic E-state index is 12.5. The van der Waals surface area contributed by atoms with Gasteiger partial charge in [0.05, 0.1) is 12.8 Å². The van der Waals surface area contributed by atoms with Gasteiger partial charge in [-0.15, -0.1) is 0 Å². The van der Waals surface area contributed by atoms with Crippen molar-refractivity contribution in [2.45, 2.75) is 13.1 Å². The molecule has 0 aliphatic heterocycles. The van der Waals surface area contributed by atoms with E-state index in [4.69, 9.17) is 0 Å². The molecule has 1 atom stereocenters. The third-order valence-electron chi connectivity index (χ3n) is 1.63. The average Bonchev–Trinajstić information content (AvgIpc) is 2.08. The van der Waals surface area contributed by atoms with Crippen molar-refractivity contribution in [2.75, 3.05) is 6.61 Å². The summed E-state index contributed by atoms with van der Waals surface area (Å²) < 4.78 is 28.5. The van der Waals surface area contributed by atoms with Crippen molar-refractivity contribution in [1.82, 2.24) is 0 Å². The molecule has 0 saturated heterocycles. The van der Waals surface area contributed by atoms with Crippen molar-refractivity contribution in [3.05, 3.63) is 35.6 Å². The quantitative estimate of drug-likeness (QED) is 0.790. The maximum Gasteiger partial charge on any atom is 0.332 e. The van der Waals surface area contributed by atoms with Gasteiger partial charge in [0.25, 0.3) is 0 Å². The Morgan fingerprint density at radius 3 is 2.50 bits per heavy atom. The third kappa shape index (κ3) is 3.58. The van der Waals surface area contributed by atoms with Crippen LogP contribution in [0.4, 0.5) is 4.39 Å². The van der Waals surface area contributed by atoms with E-state index in [0.29, 0.717) is 5.56 Å². The Balaban J connectivity index is 2.69. The number of halogens is 1. The second-order valence-electron chi connectivity index (χ2n) is 2.84. The standard InChI is InChI=1S/C9H12FO3P/c1-2-13-14(11,12)7-8-3-5-9(10)6-4-8/h3-6H,2,7H2,1H3,(H,11,12). The summed E-state index contributed by atoms with van der Waals surface area (Å²) in [5.41, 5.74) is 0.589. The van der Waals surface area contributed by atoms with Gasteiger partial charge in [-0.05, 0) is 24.6 Å². The van der Waals surface area contributed by atoms with E-state index in [1.807, 2.05) is 0 Å². The second kappa shape index (κ2) is 4.69. The molecule has 1 unspecified atom stereocenters. The van der Waals surface area contributed by atoms with Crippen molar-refractivity contribution >= 4 is 7.60 Å². The van der Waals surface area contributed by atoms with Gasteiger partial charge >= 0.3 is 7.60 Å². The molecular weight excluding hydrogens is 206 g/mol. The Kier molecular flexibility index (Phi) is 3.81. The Morgan fingerprint density at radius 1 is 1.43 bits per heavy atom. The van der Waals surface area contributed by atoms with E-state index >= 15 is 0 Å². The Labute approximate surface area is 82.1 Å². The Bertz CT molecular complexity index is 336. The molecule has 0 fully saturated rings. The SMILES string of the molecule is CCOP(=O)(O)Cc1ccc(F)cc1. The van der Waals surface area contributed by atoms with Crippen LogP contribution in [0.2, 0.25) is 0 Å². The molecule has 5 heteroatoms. The molecule has 1 aromatic rings. The summed E-state index contributed by atoms with van der Waals surface area (Å²) in [5, 5.41) is 0. The Hall–Kier alpha value is -0.700. The summed E-state index contributed by atoms with van der Waals surface area (Å²) in [6, 6.07) is 5.44. The van der Waals surface area contributed by atoms with Gasteiger partial charge in [0, 0.05) is 0 Å². The smallest absolute Gasteiger partial charge is 0.324 e. The van der Waals surface area contributed by atoms with E-state index in [9.17, 15) is 13.8 Å². The van der Waals surface area contributed by atoms with Gasteiger partial charge in [0.2, 0.25) is 0 Å². The number of rotatable bonds is 4. The zero-order valence-corrected chi connectivity index (χ0v) is 8.71. The third-order valence-corrected chi connectivity index (χ3v) is 3.05. The lowest BCUT2D eigenvalue weighted by Gasteiger charge is -2.10. The molecule has 0 aliphatic rings. The first kappa shape index (κ1) is 11.4. The fourth-order valence-electron chi connectivity index (χ4n) is 1.07. The summed E-state index contributed by atoms with van der Waals surface area (Å²) in [6.45, 7) is 1.84. The summed E-state index contributed by atoms with van der Waals surface area (Å²) >= 11 is 0. The summed E-state index contributed by atoms with van der Waals surface area (Å²) in [5.74, 6) is -0.363. The van der Waals surface area contributed by atoms with Gasteiger partial charge in [-0.1, -0.05) is 12.1 Å². The molecule has 78 valence electrons. The van der Waals surface area contributed by atoms with Gasteiger partial charge in [-0.2, -0.15) is 0 Å². The fourth-order valence-corrected chi connectivity index (χ4v) is 2.23. The van der Waals surface area contributed by atoms with Gasteiger partial charge in [-0.25, -0.2) is 4.39 Å². The van der Waals surface area contributed by atoms with Crippen LogP contribution in [0, 0.1) is 5.82 Å². The van der Waals surface area contributed by atoms with E-state index in [1.54, 1.807) is 6.92 Å². The van der Waals surface area contributed by atoms with Crippen LogP contribution in [0.25, 0.3) is 0 Å². The monoisotopic (exact) mass is 218 g/mol. The van der Waals surface area contributed by atoms with Gasteiger partial charge in [0.1, 0.15) is 5.82 Å². The molecule has 1 aromatic carbocycles. The number of hydrogen-bond acceptors (Lipinski definition) is 2. The highest BCUT2D eigenvalue weighted by molar-refractivity contribution is 7.51. The molecule has 1 rings (SSSR count). The minimum atomic E-state index is -3.55. The molecule has 0 radical (unpaired) electrons. The van der Waals surface area contributed by atoms with E-state index in [0.717, 1.165) is 0 Å². The van der Waals surface area contributed by atoms with E-state index in [-0.39, 0.29) is 18.6 Å². The average molecular weight is 218 g/mol. The van der Waals surface area contributed by atoms with Crippen LogP contribution in [0.5, 0.6) is 0 Å². The van der Waals surface area contributed by atoms with Crippen LogP contribution in [0.3, 0.4) is 0 Å². The molecule has 0 amide bonds. The van der Waals surface area contributed by atoms with Crippen LogP contribution in [-0.4, -0.2) is 11.5 Å². The van der Waals surface area contributed by atoms with Gasteiger partial charge in [0.15, 0.2) is 0 Å². The largest absolute Gasteiger partial charge is 0.332 e. The van der Waals surface area contributed by atoms with Crippen LogP contribution < -0.4 is 0 Å². The zero-order valence-electron chi connectivity index (χ0n) is 7.81. The molecular formula is C9H12FO3P. The summed E-state index contributed by atoms with van der Waals surface area (Å²) in [6.07, 6.45) is -0.0822. The normalized spacial score (nSPS) is 15.1. The zero-order chi connectivity index (χ0) is 10.6. The van der Waals surface area contributed by atoms with E-state index in [1.165, 1.54) is 24.3 Å². The molecule has 0 aliphatic carbocycles. The molecule has 0 heterocycles. The highest BCUT2D eigenvalue weighted by Gasteiger charge is 2.18. The van der Waals surface area contributed by atoms with E-state index < -0.39 is 7.60 Å². The minimum Gasteiger partial charge on any atom is -0.324 e. The van der Waals surface area contributed by atoms with Crippen molar-refractivity contribution in [1.29, 1.82) is 0 Å².